The fourth-order valence-corrected chi connectivity index (χ4v) is 3.42. The number of esters is 1. The lowest BCUT2D eigenvalue weighted by Gasteiger charge is -2.17. The van der Waals surface area contributed by atoms with Crippen LogP contribution in [0.25, 0.3) is 0 Å². The van der Waals surface area contributed by atoms with Gasteiger partial charge in [-0.1, -0.05) is 12.1 Å². The van der Waals surface area contributed by atoms with E-state index in [1.54, 1.807) is 35.2 Å². The van der Waals surface area contributed by atoms with Gasteiger partial charge in [-0.25, -0.2) is 0 Å². The molecule has 0 radical (unpaired) electrons. The summed E-state index contributed by atoms with van der Waals surface area (Å²) in [4.78, 5) is 38.6. The van der Waals surface area contributed by atoms with Crippen LogP contribution in [0.15, 0.2) is 42.5 Å². The Bertz CT molecular complexity index is 968. The predicted molar refractivity (Wildman–Crippen MR) is 118 cm³/mol. The molecule has 31 heavy (non-hydrogen) atoms. The number of anilines is 2. The maximum absolute atomic E-state index is 12.4. The van der Waals surface area contributed by atoms with Crippen LogP contribution in [0.2, 0.25) is 0 Å². The number of carbonyl (C=O) groups is 3. The lowest BCUT2D eigenvalue weighted by molar-refractivity contribution is -0.151. The van der Waals surface area contributed by atoms with E-state index >= 15 is 0 Å². The van der Waals surface area contributed by atoms with Crippen molar-refractivity contribution >= 4 is 29.2 Å². The first kappa shape index (κ1) is 22.3. The van der Waals surface area contributed by atoms with Crippen LogP contribution in [-0.2, 0) is 19.1 Å². The van der Waals surface area contributed by atoms with Crippen molar-refractivity contribution in [2.45, 2.75) is 40.2 Å². The minimum absolute atomic E-state index is 0.0572. The molecule has 0 saturated carbocycles. The zero-order valence-corrected chi connectivity index (χ0v) is 18.3. The van der Waals surface area contributed by atoms with E-state index in [1.807, 2.05) is 39.8 Å². The fourth-order valence-electron chi connectivity index (χ4n) is 3.42. The van der Waals surface area contributed by atoms with E-state index in [2.05, 4.69) is 5.32 Å². The van der Waals surface area contributed by atoms with Gasteiger partial charge in [-0.2, -0.15) is 0 Å². The molecule has 1 N–H and O–H groups in total. The summed E-state index contributed by atoms with van der Waals surface area (Å²) in [7, 11) is 0. The van der Waals surface area contributed by atoms with Crippen molar-refractivity contribution in [1.29, 1.82) is 0 Å². The summed E-state index contributed by atoms with van der Waals surface area (Å²) in [5, 5.41) is 2.75. The molecule has 0 unspecified atom stereocenters. The number of rotatable bonds is 7. The van der Waals surface area contributed by atoms with Gasteiger partial charge < -0.3 is 19.7 Å². The van der Waals surface area contributed by atoms with Crippen LogP contribution in [0.3, 0.4) is 0 Å². The van der Waals surface area contributed by atoms with Crippen LogP contribution in [-0.4, -0.2) is 37.0 Å². The number of aryl methyl sites for hydroxylation is 1. The van der Waals surface area contributed by atoms with Gasteiger partial charge in [0.1, 0.15) is 5.75 Å². The van der Waals surface area contributed by atoms with Crippen LogP contribution in [0.1, 0.15) is 31.4 Å². The summed E-state index contributed by atoms with van der Waals surface area (Å²) in [5.41, 5.74) is 3.41. The molecule has 1 heterocycles. The maximum Gasteiger partial charge on any atom is 0.311 e. The Kier molecular flexibility index (Phi) is 6.95. The van der Waals surface area contributed by atoms with Gasteiger partial charge in [-0.05, 0) is 69.2 Å². The van der Waals surface area contributed by atoms with Gasteiger partial charge in [0.2, 0.25) is 5.91 Å². The number of nitrogens with one attached hydrogen (secondary N) is 1. The first-order chi connectivity index (χ1) is 14.7. The molecule has 0 aliphatic carbocycles. The largest absolute Gasteiger partial charge is 0.491 e. The van der Waals surface area contributed by atoms with Crippen LogP contribution in [0.4, 0.5) is 11.4 Å². The second-order valence-electron chi connectivity index (χ2n) is 7.97. The first-order valence-corrected chi connectivity index (χ1v) is 10.3. The molecule has 2 aromatic rings. The number of hydrogen-bond acceptors (Lipinski definition) is 5. The monoisotopic (exact) mass is 424 g/mol. The molecule has 3 rings (SSSR count). The Hall–Kier alpha value is -3.35. The highest BCUT2D eigenvalue weighted by Gasteiger charge is 2.36. The van der Waals surface area contributed by atoms with E-state index < -0.39 is 24.4 Å². The Morgan fingerprint density at radius 2 is 1.84 bits per heavy atom. The molecule has 2 amide bonds. The van der Waals surface area contributed by atoms with Crippen molar-refractivity contribution in [3.8, 4) is 5.75 Å². The quantitative estimate of drug-likeness (QED) is 0.686. The molecule has 2 aromatic carbocycles. The number of benzene rings is 2. The lowest BCUT2D eigenvalue weighted by Crippen LogP contribution is -2.28. The molecule has 0 bridgehead atoms. The Labute approximate surface area is 182 Å². The van der Waals surface area contributed by atoms with Crippen molar-refractivity contribution in [2.24, 2.45) is 5.92 Å². The molecule has 1 atom stereocenters. The minimum atomic E-state index is -0.604. The Morgan fingerprint density at radius 3 is 2.52 bits per heavy atom. The summed E-state index contributed by atoms with van der Waals surface area (Å²) in [6.07, 6.45) is 0.118. The zero-order chi connectivity index (χ0) is 22.5. The summed E-state index contributed by atoms with van der Waals surface area (Å²) in [6, 6.07) is 12.8. The molecule has 0 spiro atoms. The van der Waals surface area contributed by atoms with Crippen LogP contribution in [0, 0.1) is 19.8 Å². The predicted octanol–water partition coefficient (Wildman–Crippen LogP) is 3.63. The van der Waals surface area contributed by atoms with Crippen molar-refractivity contribution in [2.75, 3.05) is 23.4 Å². The van der Waals surface area contributed by atoms with E-state index in [-0.39, 0.29) is 25.0 Å². The highest BCUT2D eigenvalue weighted by atomic mass is 16.5. The molecule has 1 aliphatic heterocycles. The third kappa shape index (κ3) is 5.63. The zero-order valence-electron chi connectivity index (χ0n) is 18.3. The van der Waals surface area contributed by atoms with Crippen LogP contribution >= 0.6 is 0 Å². The SMILES string of the molecule is Cc1cccc(NC(=O)COC(=O)[C@H]2CC(=O)N(c3ccc(OC(C)C)cc3)C2)c1C. The van der Waals surface area contributed by atoms with Gasteiger partial charge >= 0.3 is 5.97 Å². The number of carbonyl (C=O) groups excluding carboxylic acids is 3. The maximum atomic E-state index is 12.4. The Balaban J connectivity index is 1.53. The molecular formula is C24H28N2O5. The standard InChI is InChI=1S/C24H28N2O5/c1-15(2)31-20-10-8-19(9-11-20)26-13-18(12-23(26)28)24(29)30-14-22(27)25-21-7-5-6-16(3)17(21)4/h5-11,15,18H,12-14H2,1-4H3,(H,25,27)/t18-/m0/s1. The summed E-state index contributed by atoms with van der Waals surface area (Å²) in [5.74, 6) is -1.00. The average molecular weight is 424 g/mol. The summed E-state index contributed by atoms with van der Waals surface area (Å²) >= 11 is 0. The van der Waals surface area contributed by atoms with Crippen molar-refractivity contribution in [3.63, 3.8) is 0 Å². The highest BCUT2D eigenvalue weighted by Crippen LogP contribution is 2.28. The topological polar surface area (TPSA) is 84.9 Å². The van der Waals surface area contributed by atoms with Crippen LogP contribution in [0.5, 0.6) is 5.75 Å². The molecule has 7 nitrogen and oxygen atoms in total. The summed E-state index contributed by atoms with van der Waals surface area (Å²) < 4.78 is 10.8. The molecule has 1 aliphatic rings. The molecule has 0 aromatic heterocycles. The van der Waals surface area contributed by atoms with Gasteiger partial charge in [0, 0.05) is 24.3 Å². The van der Waals surface area contributed by atoms with E-state index in [4.69, 9.17) is 9.47 Å². The Morgan fingerprint density at radius 1 is 1.13 bits per heavy atom. The number of hydrogen-bond donors (Lipinski definition) is 1. The normalized spacial score (nSPS) is 15.8. The summed E-state index contributed by atoms with van der Waals surface area (Å²) in [6.45, 7) is 7.58. The minimum Gasteiger partial charge on any atom is -0.491 e. The third-order valence-electron chi connectivity index (χ3n) is 5.20. The number of ether oxygens (including phenoxy) is 2. The second-order valence-corrected chi connectivity index (χ2v) is 7.97. The van der Waals surface area contributed by atoms with Gasteiger partial charge in [0.05, 0.1) is 12.0 Å². The van der Waals surface area contributed by atoms with Gasteiger partial charge in [0.25, 0.3) is 5.91 Å². The molecule has 1 saturated heterocycles. The lowest BCUT2D eigenvalue weighted by atomic mass is 10.1. The third-order valence-corrected chi connectivity index (χ3v) is 5.20. The number of nitrogens with zero attached hydrogens (tertiary/aromatic N) is 1. The van der Waals surface area contributed by atoms with Crippen molar-refractivity contribution < 1.29 is 23.9 Å². The van der Waals surface area contributed by atoms with Crippen molar-refractivity contribution in [1.82, 2.24) is 0 Å². The average Bonchev–Trinajstić information content (AvgIpc) is 3.11. The van der Waals surface area contributed by atoms with Gasteiger partial charge in [-0.15, -0.1) is 0 Å². The molecule has 164 valence electrons. The van der Waals surface area contributed by atoms with Gasteiger partial charge in [0.15, 0.2) is 6.61 Å². The van der Waals surface area contributed by atoms with E-state index in [1.165, 1.54) is 0 Å². The number of amides is 2. The van der Waals surface area contributed by atoms with Crippen molar-refractivity contribution in [3.05, 3.63) is 53.6 Å². The fraction of sp³-hybridized carbons (Fsp3) is 0.375. The first-order valence-electron chi connectivity index (χ1n) is 10.3. The molecular weight excluding hydrogens is 396 g/mol. The van der Waals surface area contributed by atoms with E-state index in [9.17, 15) is 14.4 Å². The second kappa shape index (κ2) is 9.64. The smallest absolute Gasteiger partial charge is 0.311 e. The van der Waals surface area contributed by atoms with E-state index in [0.717, 1.165) is 16.9 Å². The van der Waals surface area contributed by atoms with Gasteiger partial charge in [-0.3, -0.25) is 14.4 Å². The molecule has 7 heteroatoms. The van der Waals surface area contributed by atoms with Crippen LogP contribution < -0.4 is 15.0 Å². The molecule has 1 fully saturated rings. The highest BCUT2D eigenvalue weighted by molar-refractivity contribution is 6.00. The van der Waals surface area contributed by atoms with E-state index in [0.29, 0.717) is 11.4 Å².